The van der Waals surface area contributed by atoms with E-state index in [2.05, 4.69) is 9.73 Å². The lowest BCUT2D eigenvalue weighted by atomic mass is 10.0. The van der Waals surface area contributed by atoms with Gasteiger partial charge in [-0.1, -0.05) is 29.3 Å². The van der Waals surface area contributed by atoms with Crippen molar-refractivity contribution in [3.63, 3.8) is 0 Å². The predicted octanol–water partition coefficient (Wildman–Crippen LogP) is 4.41. The summed E-state index contributed by atoms with van der Waals surface area (Å²) in [6, 6.07) is 7.44. The average molecular weight is 405 g/mol. The molecule has 2 heterocycles. The Kier molecular flexibility index (Phi) is 5.27. The van der Waals surface area contributed by atoms with E-state index in [4.69, 9.17) is 23.2 Å². The third-order valence-corrected chi connectivity index (χ3v) is 5.42. The number of rotatable bonds is 4. The van der Waals surface area contributed by atoms with Crippen molar-refractivity contribution in [2.75, 3.05) is 7.11 Å². The first-order valence-electron chi connectivity index (χ1n) is 8.30. The van der Waals surface area contributed by atoms with Crippen LogP contribution in [0.5, 0.6) is 0 Å². The average Bonchev–Trinajstić information content (AvgIpc) is 3.06. The first-order valence-corrected chi connectivity index (χ1v) is 9.05. The zero-order valence-corrected chi connectivity index (χ0v) is 16.9. The van der Waals surface area contributed by atoms with Crippen molar-refractivity contribution in [2.45, 2.75) is 27.2 Å². The van der Waals surface area contributed by atoms with E-state index < -0.39 is 5.97 Å². The van der Waals surface area contributed by atoms with Crippen molar-refractivity contribution in [3.8, 4) is 5.69 Å². The molecule has 0 saturated carbocycles. The van der Waals surface area contributed by atoms with Gasteiger partial charge in [0.2, 0.25) is 5.78 Å². The second-order valence-electron chi connectivity index (χ2n) is 6.32. The molecule has 1 aliphatic heterocycles. The third-order valence-electron chi connectivity index (χ3n) is 4.61. The van der Waals surface area contributed by atoms with E-state index in [1.54, 1.807) is 13.0 Å². The lowest BCUT2D eigenvalue weighted by molar-refractivity contribution is -0.137. The second-order valence-corrected chi connectivity index (χ2v) is 7.11. The van der Waals surface area contributed by atoms with Gasteiger partial charge < -0.3 is 9.30 Å². The molecule has 0 bridgehead atoms. The fourth-order valence-electron chi connectivity index (χ4n) is 3.30. The Labute approximate surface area is 167 Å². The topological polar surface area (TPSA) is 60.7 Å². The minimum absolute atomic E-state index is 0.000747. The summed E-state index contributed by atoms with van der Waals surface area (Å²) in [5, 5.41) is 0.938. The Bertz CT molecular complexity index is 1030. The molecular formula is C20H18Cl2N2O3. The van der Waals surface area contributed by atoms with Crippen LogP contribution in [-0.2, 0) is 20.7 Å². The summed E-state index contributed by atoms with van der Waals surface area (Å²) in [6.07, 6.45) is 0.314. The van der Waals surface area contributed by atoms with Crippen LogP contribution in [0.15, 0.2) is 40.5 Å². The smallest absolute Gasteiger partial charge is 0.343 e. The molecule has 0 fully saturated rings. The van der Waals surface area contributed by atoms with Gasteiger partial charge in [-0.05, 0) is 44.5 Å². The second kappa shape index (κ2) is 7.33. The fourth-order valence-corrected chi connectivity index (χ4v) is 3.68. The highest BCUT2D eigenvalue weighted by atomic mass is 35.5. The van der Waals surface area contributed by atoms with Crippen LogP contribution in [0, 0.1) is 13.8 Å². The monoisotopic (exact) mass is 404 g/mol. The molecule has 5 nitrogen and oxygen atoms in total. The highest BCUT2D eigenvalue weighted by Gasteiger charge is 2.32. The number of carbonyl (C=O) groups excluding carboxylic acids is 2. The van der Waals surface area contributed by atoms with Crippen molar-refractivity contribution in [3.05, 3.63) is 62.5 Å². The number of Topliss-reactive ketones (excluding diaryl/α,β-unsaturated/α-hetero) is 1. The number of ether oxygens (including phenoxy) is 1. The van der Waals surface area contributed by atoms with Gasteiger partial charge in [0.25, 0.3) is 0 Å². The Morgan fingerprint density at radius 2 is 1.93 bits per heavy atom. The summed E-state index contributed by atoms with van der Waals surface area (Å²) in [5.41, 5.74) is 4.29. The number of aromatic nitrogens is 1. The Morgan fingerprint density at radius 1 is 1.22 bits per heavy atom. The van der Waals surface area contributed by atoms with Crippen LogP contribution in [-0.4, -0.2) is 29.1 Å². The maximum Gasteiger partial charge on any atom is 0.343 e. The molecule has 0 unspecified atom stereocenters. The predicted molar refractivity (Wildman–Crippen MR) is 106 cm³/mol. The summed E-state index contributed by atoms with van der Waals surface area (Å²) >= 11 is 12.5. The Balaban J connectivity index is 1.96. The van der Waals surface area contributed by atoms with E-state index in [-0.39, 0.29) is 11.4 Å². The number of ketones is 1. The quantitative estimate of drug-likeness (QED) is 0.559. The van der Waals surface area contributed by atoms with E-state index in [0.29, 0.717) is 27.9 Å². The lowest BCUT2D eigenvalue weighted by Crippen LogP contribution is -2.20. The third kappa shape index (κ3) is 3.33. The molecule has 0 atom stereocenters. The first-order chi connectivity index (χ1) is 12.8. The summed E-state index contributed by atoms with van der Waals surface area (Å²) < 4.78 is 6.67. The maximum atomic E-state index is 12.6. The Hall–Kier alpha value is -2.37. The summed E-state index contributed by atoms with van der Waals surface area (Å²) in [6.45, 7) is 5.53. The van der Waals surface area contributed by atoms with E-state index in [0.717, 1.165) is 22.6 Å². The van der Waals surface area contributed by atoms with Gasteiger partial charge in [0.05, 0.1) is 34.3 Å². The number of allylic oxidation sites excluding steroid dienone is 1. The van der Waals surface area contributed by atoms with Crippen LogP contribution in [0.3, 0.4) is 0 Å². The van der Waals surface area contributed by atoms with Crippen molar-refractivity contribution in [2.24, 2.45) is 4.99 Å². The number of carbonyl (C=O) groups is 2. The van der Waals surface area contributed by atoms with Crippen LogP contribution >= 0.6 is 23.2 Å². The molecule has 0 radical (unpaired) electrons. The van der Waals surface area contributed by atoms with Gasteiger partial charge in [-0.25, -0.2) is 4.79 Å². The standard InChI is InChI=1S/C20H18Cl2N2O3/c1-10-8-13(9-15-19(25)17(11(2)23-15)20(26)27-4)12(3)24(10)16-7-5-6-14(21)18(16)22/h5-8H,9H2,1-4H3. The molecule has 3 rings (SSSR count). The minimum atomic E-state index is -0.660. The molecule has 1 aliphatic rings. The van der Waals surface area contributed by atoms with E-state index in [9.17, 15) is 9.59 Å². The number of halogens is 2. The van der Waals surface area contributed by atoms with E-state index in [1.807, 2.05) is 36.6 Å². The van der Waals surface area contributed by atoms with Gasteiger partial charge in [0.1, 0.15) is 5.57 Å². The number of nitrogens with zero attached hydrogens (tertiary/aromatic N) is 2. The van der Waals surface area contributed by atoms with Gasteiger partial charge in [0.15, 0.2) is 0 Å². The maximum absolute atomic E-state index is 12.6. The SMILES string of the molecule is COC(=O)C1=C(C)N=C(Cc2cc(C)n(-c3cccc(Cl)c3Cl)c2C)C1=O. The van der Waals surface area contributed by atoms with Crippen molar-refractivity contribution in [1.82, 2.24) is 4.57 Å². The molecule has 1 aromatic carbocycles. The highest BCUT2D eigenvalue weighted by molar-refractivity contribution is 6.53. The fraction of sp³-hybridized carbons (Fsp3) is 0.250. The molecule has 140 valence electrons. The number of aliphatic imine (C=N–C) groups is 1. The normalized spacial score (nSPS) is 14.0. The molecule has 0 amide bonds. The summed E-state index contributed by atoms with van der Waals surface area (Å²) in [7, 11) is 1.25. The first kappa shape index (κ1) is 19.4. The Morgan fingerprint density at radius 3 is 2.59 bits per heavy atom. The van der Waals surface area contributed by atoms with Crippen molar-refractivity contribution >= 4 is 40.7 Å². The minimum Gasteiger partial charge on any atom is -0.465 e. The van der Waals surface area contributed by atoms with Crippen molar-refractivity contribution in [1.29, 1.82) is 0 Å². The molecule has 0 N–H and O–H groups in total. The van der Waals surface area contributed by atoms with Gasteiger partial charge >= 0.3 is 5.97 Å². The van der Waals surface area contributed by atoms with Crippen LogP contribution in [0.25, 0.3) is 5.69 Å². The molecule has 0 aliphatic carbocycles. The zero-order valence-electron chi connectivity index (χ0n) is 15.4. The molecule has 0 saturated heterocycles. The van der Waals surface area contributed by atoms with Crippen LogP contribution in [0.4, 0.5) is 0 Å². The molecule has 27 heavy (non-hydrogen) atoms. The highest BCUT2D eigenvalue weighted by Crippen LogP contribution is 2.32. The molecule has 2 aromatic rings. The van der Waals surface area contributed by atoms with Gasteiger partial charge in [-0.2, -0.15) is 0 Å². The van der Waals surface area contributed by atoms with Crippen LogP contribution < -0.4 is 0 Å². The van der Waals surface area contributed by atoms with E-state index in [1.165, 1.54) is 7.11 Å². The summed E-state index contributed by atoms with van der Waals surface area (Å²) in [4.78, 5) is 28.7. The molecule has 1 aromatic heterocycles. The molecule has 7 heteroatoms. The number of hydrogen-bond donors (Lipinski definition) is 0. The number of aryl methyl sites for hydroxylation is 1. The number of methoxy groups -OCH3 is 1. The lowest BCUT2D eigenvalue weighted by Gasteiger charge is -2.12. The van der Waals surface area contributed by atoms with Crippen LogP contribution in [0.1, 0.15) is 23.9 Å². The largest absolute Gasteiger partial charge is 0.465 e. The van der Waals surface area contributed by atoms with Gasteiger partial charge in [-0.15, -0.1) is 0 Å². The molecular weight excluding hydrogens is 387 g/mol. The number of hydrogen-bond acceptors (Lipinski definition) is 4. The number of esters is 1. The van der Waals surface area contributed by atoms with Crippen molar-refractivity contribution < 1.29 is 14.3 Å². The number of benzene rings is 1. The van der Waals surface area contributed by atoms with Gasteiger partial charge in [0, 0.05) is 17.8 Å². The summed E-state index contributed by atoms with van der Waals surface area (Å²) in [5.74, 6) is -1.04. The molecule has 0 spiro atoms. The zero-order chi connectivity index (χ0) is 19.9. The van der Waals surface area contributed by atoms with E-state index >= 15 is 0 Å². The van der Waals surface area contributed by atoms with Gasteiger partial charge in [-0.3, -0.25) is 9.79 Å². The van der Waals surface area contributed by atoms with Crippen LogP contribution in [0.2, 0.25) is 10.0 Å².